The van der Waals surface area contributed by atoms with Gasteiger partial charge in [0.2, 0.25) is 12.1 Å². The molecular formula is C26H24BrN3O4. The van der Waals surface area contributed by atoms with E-state index in [1.165, 1.54) is 4.90 Å². The Bertz CT molecular complexity index is 1280. The lowest BCUT2D eigenvalue weighted by Crippen LogP contribution is -2.36. The average molecular weight is 522 g/mol. The Kier molecular flexibility index (Phi) is 6.00. The van der Waals surface area contributed by atoms with Crippen molar-refractivity contribution in [3.8, 4) is 5.75 Å². The number of nitrogens with one attached hydrogen (secondary N) is 1. The highest BCUT2D eigenvalue weighted by Crippen LogP contribution is 2.40. The van der Waals surface area contributed by atoms with Crippen LogP contribution >= 0.6 is 15.9 Å². The van der Waals surface area contributed by atoms with E-state index in [1.807, 2.05) is 54.5 Å². The van der Waals surface area contributed by atoms with Crippen LogP contribution in [0, 0.1) is 0 Å². The smallest absolute Gasteiger partial charge is 0.295 e. The molecule has 2 aromatic carbocycles. The number of ketones is 1. The van der Waals surface area contributed by atoms with E-state index < -0.39 is 23.5 Å². The van der Waals surface area contributed by atoms with E-state index in [4.69, 9.17) is 4.74 Å². The molecule has 174 valence electrons. The van der Waals surface area contributed by atoms with Crippen LogP contribution in [-0.4, -0.2) is 34.2 Å². The molecule has 3 heterocycles. The third-order valence-corrected chi connectivity index (χ3v) is 6.76. The van der Waals surface area contributed by atoms with E-state index in [-0.39, 0.29) is 11.7 Å². The van der Waals surface area contributed by atoms with Crippen molar-refractivity contribution < 1.29 is 24.0 Å². The van der Waals surface area contributed by atoms with Crippen LogP contribution in [0.4, 0.5) is 0 Å². The number of aromatic nitrogens is 2. The van der Waals surface area contributed by atoms with Crippen LogP contribution < -0.4 is 14.4 Å². The number of H-pyrrole nitrogens is 1. The van der Waals surface area contributed by atoms with Crippen LogP contribution in [0.2, 0.25) is 0 Å². The van der Waals surface area contributed by atoms with E-state index in [0.29, 0.717) is 31.5 Å². The molecular weight excluding hydrogens is 498 g/mol. The van der Waals surface area contributed by atoms with Crippen molar-refractivity contribution in [2.24, 2.45) is 0 Å². The Morgan fingerprint density at radius 2 is 2.12 bits per heavy atom. The summed E-state index contributed by atoms with van der Waals surface area (Å²) in [5, 5.41) is 13.7. The van der Waals surface area contributed by atoms with Gasteiger partial charge in [0, 0.05) is 29.4 Å². The van der Waals surface area contributed by atoms with Crippen LogP contribution in [-0.2, 0) is 22.6 Å². The highest BCUT2D eigenvalue weighted by atomic mass is 79.9. The number of hydrogen-bond acceptors (Lipinski definition) is 4. The van der Waals surface area contributed by atoms with Gasteiger partial charge in [0.15, 0.2) is 0 Å². The molecule has 1 amide bonds. The maximum atomic E-state index is 13.7. The number of amides is 1. The summed E-state index contributed by atoms with van der Waals surface area (Å²) in [5.74, 6) is -1.01. The van der Waals surface area contributed by atoms with Gasteiger partial charge < -0.3 is 14.7 Å². The van der Waals surface area contributed by atoms with Gasteiger partial charge >= 0.3 is 0 Å². The number of likely N-dealkylation sites (tertiary alicyclic amines) is 1. The Balaban J connectivity index is 1.53. The quantitative estimate of drug-likeness (QED) is 0.234. The van der Waals surface area contributed by atoms with Crippen molar-refractivity contribution in [2.45, 2.75) is 38.5 Å². The second kappa shape index (κ2) is 9.10. The van der Waals surface area contributed by atoms with E-state index >= 15 is 0 Å². The summed E-state index contributed by atoms with van der Waals surface area (Å²) < 4.78 is 8.53. The minimum Gasteiger partial charge on any atom is -0.872 e. The molecule has 8 heteroatoms. The molecule has 2 aliphatic heterocycles. The number of ether oxygens (including phenoxy) is 1. The minimum atomic E-state index is -0.732. The lowest BCUT2D eigenvalue weighted by Gasteiger charge is -2.27. The number of nitrogens with zero attached hydrogens (tertiary/aromatic N) is 2. The molecule has 2 unspecified atom stereocenters. The first-order valence-corrected chi connectivity index (χ1v) is 12.1. The average Bonchev–Trinajstić information content (AvgIpc) is 3.52. The molecule has 2 atom stereocenters. The van der Waals surface area contributed by atoms with Crippen LogP contribution in [0.3, 0.4) is 0 Å². The van der Waals surface area contributed by atoms with Crippen molar-refractivity contribution in [1.29, 1.82) is 0 Å². The second-order valence-corrected chi connectivity index (χ2v) is 9.60. The summed E-state index contributed by atoms with van der Waals surface area (Å²) >= 11 is 3.48. The molecule has 1 fully saturated rings. The molecule has 1 aromatic heterocycles. The van der Waals surface area contributed by atoms with E-state index in [1.54, 1.807) is 18.2 Å². The zero-order valence-electron chi connectivity index (χ0n) is 18.7. The molecule has 5 rings (SSSR count). The van der Waals surface area contributed by atoms with Crippen LogP contribution in [0.25, 0.3) is 5.76 Å². The number of fused-ring (bicyclic) bond motifs is 1. The molecule has 0 spiro atoms. The number of aromatic amines is 1. The minimum absolute atomic E-state index is 0.00399. The predicted octanol–water partition coefficient (Wildman–Crippen LogP) is 2.70. The topological polar surface area (TPSA) is 89.3 Å². The van der Waals surface area contributed by atoms with Gasteiger partial charge in [-0.15, -0.1) is 0 Å². The summed E-state index contributed by atoms with van der Waals surface area (Å²) in [6.45, 7) is 3.01. The zero-order chi connectivity index (χ0) is 23.8. The van der Waals surface area contributed by atoms with Gasteiger partial charge in [-0.25, -0.2) is 4.57 Å². The lowest BCUT2D eigenvalue weighted by atomic mass is 9.94. The standard InChI is InChI=1S/C26H24BrN3O4/c1-16-12-19-13-18(6-7-21(19)34-16)24(31)22-23(17-4-2-5-20(27)14-17)30(26(33)25(22)32)10-3-9-29-11-8-28-15-29/h2,4-8,11,13-16,23H,3,9-10,12H2,1H3,(H,31,32). The van der Waals surface area contributed by atoms with Gasteiger partial charge in [-0.3, -0.25) is 14.6 Å². The van der Waals surface area contributed by atoms with E-state index in [9.17, 15) is 14.7 Å². The van der Waals surface area contributed by atoms with Gasteiger partial charge in [0.1, 0.15) is 24.2 Å². The summed E-state index contributed by atoms with van der Waals surface area (Å²) in [6.07, 6.45) is 6.95. The Morgan fingerprint density at radius 1 is 1.26 bits per heavy atom. The summed E-state index contributed by atoms with van der Waals surface area (Å²) in [4.78, 5) is 30.8. The molecule has 2 aliphatic rings. The number of carbonyl (C=O) groups is 2. The molecule has 3 aromatic rings. The molecule has 1 saturated heterocycles. The number of hydrogen-bond donors (Lipinski definition) is 1. The summed E-state index contributed by atoms with van der Waals surface area (Å²) in [6, 6.07) is 11.9. The molecule has 1 N–H and O–H groups in total. The van der Waals surface area contributed by atoms with Crippen molar-refractivity contribution in [1.82, 2.24) is 9.88 Å². The maximum Gasteiger partial charge on any atom is 0.295 e. The van der Waals surface area contributed by atoms with Crippen molar-refractivity contribution in [3.63, 3.8) is 0 Å². The first-order valence-electron chi connectivity index (χ1n) is 11.3. The normalized spacial score (nSPS) is 21.1. The van der Waals surface area contributed by atoms with Crippen LogP contribution in [0.5, 0.6) is 5.75 Å². The largest absolute Gasteiger partial charge is 0.872 e. The molecule has 0 aliphatic carbocycles. The number of benzene rings is 2. The third kappa shape index (κ3) is 4.14. The zero-order valence-corrected chi connectivity index (χ0v) is 20.2. The molecule has 0 saturated carbocycles. The number of rotatable bonds is 6. The lowest BCUT2D eigenvalue weighted by molar-refractivity contribution is -0.695. The predicted molar refractivity (Wildman–Crippen MR) is 126 cm³/mol. The van der Waals surface area contributed by atoms with E-state index in [2.05, 4.69) is 20.9 Å². The summed E-state index contributed by atoms with van der Waals surface area (Å²) in [5.41, 5.74) is 2.07. The SMILES string of the molecule is CC1Cc2cc(/C([O-])=C3\C(=O)C(=O)N(CCC[n+]4cc[nH]c4)C3c3cccc(Br)c3)ccc2O1. The fraction of sp³-hybridized carbons (Fsp3) is 0.269. The van der Waals surface area contributed by atoms with E-state index in [0.717, 1.165) is 21.3 Å². The van der Waals surface area contributed by atoms with Gasteiger partial charge in [-0.1, -0.05) is 39.9 Å². The Morgan fingerprint density at radius 3 is 2.88 bits per heavy atom. The molecule has 7 nitrogen and oxygen atoms in total. The number of Topliss-reactive ketones (excluding diaryl/α,β-unsaturated/α-hetero) is 1. The van der Waals surface area contributed by atoms with Crippen molar-refractivity contribution >= 4 is 33.4 Å². The van der Waals surface area contributed by atoms with Crippen LogP contribution in [0.1, 0.15) is 36.1 Å². The first-order chi connectivity index (χ1) is 16.4. The van der Waals surface area contributed by atoms with Gasteiger partial charge in [0.05, 0.1) is 12.6 Å². The summed E-state index contributed by atoms with van der Waals surface area (Å²) in [7, 11) is 0. The monoisotopic (exact) mass is 521 g/mol. The molecule has 0 radical (unpaired) electrons. The van der Waals surface area contributed by atoms with Gasteiger partial charge in [-0.2, -0.15) is 0 Å². The fourth-order valence-corrected chi connectivity index (χ4v) is 5.14. The second-order valence-electron chi connectivity index (χ2n) is 8.69. The third-order valence-electron chi connectivity index (χ3n) is 6.27. The molecule has 0 bridgehead atoms. The number of imidazole rings is 1. The molecule has 34 heavy (non-hydrogen) atoms. The first kappa shape index (κ1) is 22.4. The van der Waals surface area contributed by atoms with Crippen molar-refractivity contribution in [2.75, 3.05) is 6.54 Å². The highest BCUT2D eigenvalue weighted by molar-refractivity contribution is 9.10. The maximum absolute atomic E-state index is 13.7. The number of halogens is 1. The Hall–Kier alpha value is -3.39. The number of aryl methyl sites for hydroxylation is 1. The van der Waals surface area contributed by atoms with Crippen LogP contribution in [0.15, 0.2) is 71.2 Å². The highest BCUT2D eigenvalue weighted by Gasteiger charge is 2.44. The Labute approximate surface area is 205 Å². The van der Waals surface area contributed by atoms with Gasteiger partial charge in [0.25, 0.3) is 5.91 Å². The van der Waals surface area contributed by atoms with Crippen molar-refractivity contribution in [3.05, 3.63) is 87.9 Å². The van der Waals surface area contributed by atoms with Gasteiger partial charge in [-0.05, 0) is 47.9 Å². The number of carbonyl (C=O) groups excluding carboxylic acids is 2. The fourth-order valence-electron chi connectivity index (χ4n) is 4.73.